The van der Waals surface area contributed by atoms with E-state index in [9.17, 15) is 5.11 Å². The lowest BCUT2D eigenvalue weighted by molar-refractivity contribution is -0.0137. The first-order valence-corrected chi connectivity index (χ1v) is 4.33. The van der Waals surface area contributed by atoms with Gasteiger partial charge in [-0.2, -0.15) is 5.48 Å². The summed E-state index contributed by atoms with van der Waals surface area (Å²) < 4.78 is 4.78. The highest BCUT2D eigenvalue weighted by Crippen LogP contribution is 1.83. The summed E-state index contributed by atoms with van der Waals surface area (Å²) in [4.78, 5) is 6.89. The molecule has 0 radical (unpaired) electrons. The SMILES string of the molecule is COCCONCC(O)CN(C)C. The Morgan fingerprint density at radius 2 is 2.08 bits per heavy atom. The van der Waals surface area contributed by atoms with Gasteiger partial charge in [0.05, 0.1) is 19.3 Å². The molecule has 2 N–H and O–H groups in total. The minimum Gasteiger partial charge on any atom is -0.390 e. The third kappa shape index (κ3) is 9.72. The molecule has 1 unspecified atom stereocenters. The lowest BCUT2D eigenvalue weighted by Gasteiger charge is -2.16. The van der Waals surface area contributed by atoms with E-state index in [-0.39, 0.29) is 0 Å². The van der Waals surface area contributed by atoms with E-state index < -0.39 is 6.10 Å². The molecule has 1 atom stereocenters. The molecular weight excluding hydrogens is 172 g/mol. The molecule has 0 heterocycles. The molecule has 13 heavy (non-hydrogen) atoms. The predicted molar refractivity (Wildman–Crippen MR) is 50.4 cm³/mol. The fraction of sp³-hybridized carbons (Fsp3) is 1.00. The lowest BCUT2D eigenvalue weighted by atomic mass is 10.3. The highest BCUT2D eigenvalue weighted by molar-refractivity contribution is 4.58. The predicted octanol–water partition coefficient (Wildman–Crippen LogP) is -0.923. The maximum atomic E-state index is 9.36. The molecule has 80 valence electrons. The Kier molecular flexibility index (Phi) is 8.27. The van der Waals surface area contributed by atoms with E-state index in [1.807, 2.05) is 19.0 Å². The number of ether oxygens (including phenoxy) is 1. The molecule has 0 aliphatic rings. The van der Waals surface area contributed by atoms with E-state index in [0.29, 0.717) is 26.3 Å². The number of methoxy groups -OCH3 is 1. The summed E-state index contributed by atoms with van der Waals surface area (Å²) in [7, 11) is 5.44. The number of nitrogens with one attached hydrogen (secondary N) is 1. The van der Waals surface area contributed by atoms with Crippen molar-refractivity contribution in [1.29, 1.82) is 0 Å². The number of rotatable bonds is 8. The number of hydrogen-bond acceptors (Lipinski definition) is 5. The van der Waals surface area contributed by atoms with Crippen LogP contribution < -0.4 is 5.48 Å². The molecule has 5 heteroatoms. The maximum absolute atomic E-state index is 9.36. The highest BCUT2D eigenvalue weighted by Gasteiger charge is 2.03. The van der Waals surface area contributed by atoms with Crippen molar-refractivity contribution in [3.63, 3.8) is 0 Å². The molecule has 0 fully saturated rings. The van der Waals surface area contributed by atoms with Gasteiger partial charge in [-0.1, -0.05) is 0 Å². The smallest absolute Gasteiger partial charge is 0.0915 e. The van der Waals surface area contributed by atoms with Crippen molar-refractivity contribution >= 4 is 0 Å². The molecular formula is C8H20N2O3. The van der Waals surface area contributed by atoms with Crippen LogP contribution in [0.25, 0.3) is 0 Å². The van der Waals surface area contributed by atoms with Crippen molar-refractivity contribution in [1.82, 2.24) is 10.4 Å². The van der Waals surface area contributed by atoms with Gasteiger partial charge < -0.3 is 14.7 Å². The van der Waals surface area contributed by atoms with Crippen LogP contribution in [0.3, 0.4) is 0 Å². The van der Waals surface area contributed by atoms with E-state index in [1.165, 1.54) is 0 Å². The normalized spacial score (nSPS) is 13.6. The van der Waals surface area contributed by atoms with Crippen LogP contribution in [-0.4, -0.2) is 63.6 Å². The number of likely N-dealkylation sites (N-methyl/N-ethyl adjacent to an activating group) is 1. The maximum Gasteiger partial charge on any atom is 0.0915 e. The fourth-order valence-electron chi connectivity index (χ4n) is 0.838. The molecule has 0 aliphatic heterocycles. The first kappa shape index (κ1) is 12.8. The van der Waals surface area contributed by atoms with E-state index in [0.717, 1.165) is 0 Å². The molecule has 0 aromatic heterocycles. The van der Waals surface area contributed by atoms with Gasteiger partial charge in [0.25, 0.3) is 0 Å². The Morgan fingerprint density at radius 1 is 1.38 bits per heavy atom. The van der Waals surface area contributed by atoms with Gasteiger partial charge in [-0.15, -0.1) is 0 Å². The number of hydroxylamine groups is 1. The van der Waals surface area contributed by atoms with E-state index in [1.54, 1.807) is 7.11 Å². The molecule has 0 aromatic carbocycles. The summed E-state index contributed by atoms with van der Waals surface area (Å²) >= 11 is 0. The van der Waals surface area contributed by atoms with Gasteiger partial charge in [0.15, 0.2) is 0 Å². The average molecular weight is 192 g/mol. The second-order valence-electron chi connectivity index (χ2n) is 3.11. The summed E-state index contributed by atoms with van der Waals surface area (Å²) in [5, 5.41) is 9.36. The van der Waals surface area contributed by atoms with E-state index in [2.05, 4.69) is 5.48 Å². The van der Waals surface area contributed by atoms with Gasteiger partial charge in [0, 0.05) is 20.2 Å². The summed E-state index contributed by atoms with van der Waals surface area (Å²) in [6.45, 7) is 2.10. The third-order valence-electron chi connectivity index (χ3n) is 1.39. The molecule has 5 nitrogen and oxygen atoms in total. The number of aliphatic hydroxyl groups excluding tert-OH is 1. The second kappa shape index (κ2) is 8.40. The van der Waals surface area contributed by atoms with Crippen LogP contribution in [-0.2, 0) is 9.57 Å². The molecule has 0 spiro atoms. The van der Waals surface area contributed by atoms with Gasteiger partial charge >= 0.3 is 0 Å². The molecule has 0 saturated carbocycles. The van der Waals surface area contributed by atoms with Crippen molar-refractivity contribution < 1.29 is 14.7 Å². The average Bonchev–Trinajstić information content (AvgIpc) is 2.02. The molecule has 0 bridgehead atoms. The first-order valence-electron chi connectivity index (χ1n) is 4.33. The zero-order valence-corrected chi connectivity index (χ0v) is 8.62. The summed E-state index contributed by atoms with van der Waals surface area (Å²) in [5.74, 6) is 0. The van der Waals surface area contributed by atoms with Crippen molar-refractivity contribution in [2.75, 3.05) is 47.5 Å². The quantitative estimate of drug-likeness (QED) is 0.385. The highest BCUT2D eigenvalue weighted by atomic mass is 16.7. The first-order chi connectivity index (χ1) is 6.16. The molecule has 0 aromatic rings. The minimum atomic E-state index is -0.405. The number of aliphatic hydroxyl groups is 1. The van der Waals surface area contributed by atoms with E-state index >= 15 is 0 Å². The van der Waals surface area contributed by atoms with Gasteiger partial charge in [-0.3, -0.25) is 4.84 Å². The van der Waals surface area contributed by atoms with Crippen LogP contribution in [0.1, 0.15) is 0 Å². The zero-order chi connectivity index (χ0) is 10.1. The Balaban J connectivity index is 3.12. The zero-order valence-electron chi connectivity index (χ0n) is 8.62. The molecule has 0 amide bonds. The van der Waals surface area contributed by atoms with Crippen LogP contribution in [0.2, 0.25) is 0 Å². The van der Waals surface area contributed by atoms with Gasteiger partial charge in [-0.05, 0) is 14.1 Å². The Morgan fingerprint density at radius 3 is 2.62 bits per heavy atom. The van der Waals surface area contributed by atoms with Gasteiger partial charge in [0.1, 0.15) is 0 Å². The Bertz CT molecular complexity index is 112. The van der Waals surface area contributed by atoms with Crippen LogP contribution in [0.5, 0.6) is 0 Å². The number of nitrogens with zero attached hydrogens (tertiary/aromatic N) is 1. The molecule has 0 aliphatic carbocycles. The Labute approximate surface area is 79.6 Å². The van der Waals surface area contributed by atoms with Crippen LogP contribution in [0, 0.1) is 0 Å². The van der Waals surface area contributed by atoms with Gasteiger partial charge in [-0.25, -0.2) is 0 Å². The number of hydrogen-bond donors (Lipinski definition) is 2. The van der Waals surface area contributed by atoms with Crippen molar-refractivity contribution in [2.45, 2.75) is 6.10 Å². The third-order valence-corrected chi connectivity index (χ3v) is 1.39. The summed E-state index contributed by atoms with van der Waals surface area (Å²) in [6.07, 6.45) is -0.405. The van der Waals surface area contributed by atoms with Crippen LogP contribution >= 0.6 is 0 Å². The van der Waals surface area contributed by atoms with E-state index in [4.69, 9.17) is 9.57 Å². The minimum absolute atomic E-state index is 0.405. The van der Waals surface area contributed by atoms with Crippen molar-refractivity contribution in [3.05, 3.63) is 0 Å². The van der Waals surface area contributed by atoms with Crippen molar-refractivity contribution in [2.24, 2.45) is 0 Å². The fourth-order valence-corrected chi connectivity index (χ4v) is 0.838. The van der Waals surface area contributed by atoms with Crippen LogP contribution in [0.4, 0.5) is 0 Å². The van der Waals surface area contributed by atoms with Crippen molar-refractivity contribution in [3.8, 4) is 0 Å². The summed E-state index contributed by atoms with van der Waals surface area (Å²) in [5.41, 5.74) is 2.67. The summed E-state index contributed by atoms with van der Waals surface area (Å²) in [6, 6.07) is 0. The molecule has 0 rings (SSSR count). The largest absolute Gasteiger partial charge is 0.390 e. The monoisotopic (exact) mass is 192 g/mol. The second-order valence-corrected chi connectivity index (χ2v) is 3.11. The molecule has 0 saturated heterocycles. The Hall–Kier alpha value is -0.200. The lowest BCUT2D eigenvalue weighted by Crippen LogP contribution is -2.35. The van der Waals surface area contributed by atoms with Gasteiger partial charge in [0.2, 0.25) is 0 Å². The standard InChI is InChI=1S/C8H20N2O3/c1-10(2)7-8(11)6-9-13-5-4-12-3/h8-9,11H,4-7H2,1-3H3. The van der Waals surface area contributed by atoms with Crippen LogP contribution in [0.15, 0.2) is 0 Å². The topological polar surface area (TPSA) is 54.0 Å².